The summed E-state index contributed by atoms with van der Waals surface area (Å²) >= 11 is 1.53. The highest BCUT2D eigenvalue weighted by molar-refractivity contribution is 7.09. The van der Waals surface area contributed by atoms with Gasteiger partial charge in [0.1, 0.15) is 5.69 Å². The molecule has 0 radical (unpaired) electrons. The zero-order valence-electron chi connectivity index (χ0n) is 13.4. The minimum absolute atomic E-state index is 0.0582. The Labute approximate surface area is 141 Å². The molecular weight excluding hydrogens is 306 g/mol. The van der Waals surface area contributed by atoms with Crippen LogP contribution in [0.4, 0.5) is 0 Å². The van der Waals surface area contributed by atoms with Crippen LogP contribution in [0.5, 0.6) is 0 Å². The van der Waals surface area contributed by atoms with E-state index in [9.17, 15) is 4.79 Å². The summed E-state index contributed by atoms with van der Waals surface area (Å²) in [5, 5.41) is 2.81. The number of hydrogen-bond donors (Lipinski definition) is 1. The van der Waals surface area contributed by atoms with Gasteiger partial charge >= 0.3 is 0 Å². The van der Waals surface area contributed by atoms with Gasteiger partial charge < -0.3 is 10.6 Å². The normalized spacial score (nSPS) is 21.4. The molecule has 0 bridgehead atoms. The summed E-state index contributed by atoms with van der Waals surface area (Å²) < 4.78 is 0. The van der Waals surface area contributed by atoms with Crippen LogP contribution in [0.2, 0.25) is 0 Å². The van der Waals surface area contributed by atoms with Crippen molar-refractivity contribution in [2.45, 2.75) is 25.7 Å². The van der Waals surface area contributed by atoms with E-state index in [0.717, 1.165) is 30.9 Å². The number of aromatic nitrogens is 1. The number of piperidine rings is 1. The molecule has 0 aliphatic carbocycles. The lowest BCUT2D eigenvalue weighted by atomic mass is 9.81. The number of thiazole rings is 1. The van der Waals surface area contributed by atoms with Crippen molar-refractivity contribution in [1.29, 1.82) is 0 Å². The van der Waals surface area contributed by atoms with Gasteiger partial charge in [-0.25, -0.2) is 4.98 Å². The molecule has 1 aliphatic heterocycles. The first-order chi connectivity index (χ1) is 11.2. The number of carbonyl (C=O) groups excluding carboxylic acids is 1. The molecule has 1 amide bonds. The van der Waals surface area contributed by atoms with Crippen LogP contribution in [0.15, 0.2) is 35.7 Å². The molecule has 2 N–H and O–H groups in total. The lowest BCUT2D eigenvalue weighted by molar-refractivity contribution is 0.0655. The molecule has 4 nitrogen and oxygen atoms in total. The first-order valence-corrected chi connectivity index (χ1v) is 9.05. The third-order valence-electron chi connectivity index (χ3n) is 4.55. The molecule has 2 aromatic rings. The maximum absolute atomic E-state index is 12.6. The molecule has 0 saturated carbocycles. The van der Waals surface area contributed by atoms with E-state index >= 15 is 0 Å². The minimum atomic E-state index is 0.0582. The second-order valence-electron chi connectivity index (χ2n) is 6.20. The van der Waals surface area contributed by atoms with Crippen LogP contribution in [0.25, 0.3) is 0 Å². The average molecular weight is 329 g/mol. The summed E-state index contributed by atoms with van der Waals surface area (Å²) in [5.74, 6) is 1.05. The first-order valence-electron chi connectivity index (χ1n) is 8.17. The predicted octanol–water partition coefficient (Wildman–Crippen LogP) is 2.91. The smallest absolute Gasteiger partial charge is 0.273 e. The summed E-state index contributed by atoms with van der Waals surface area (Å²) in [6.07, 6.45) is 1.75. The van der Waals surface area contributed by atoms with Crippen LogP contribution in [0, 0.1) is 5.92 Å². The van der Waals surface area contributed by atoms with Crippen molar-refractivity contribution in [2.24, 2.45) is 11.7 Å². The van der Waals surface area contributed by atoms with E-state index in [2.05, 4.69) is 36.2 Å². The van der Waals surface area contributed by atoms with E-state index < -0.39 is 0 Å². The van der Waals surface area contributed by atoms with Gasteiger partial charge in [-0.15, -0.1) is 11.3 Å². The van der Waals surface area contributed by atoms with E-state index in [-0.39, 0.29) is 5.91 Å². The van der Waals surface area contributed by atoms with Crippen LogP contribution in [-0.4, -0.2) is 35.4 Å². The highest BCUT2D eigenvalue weighted by Gasteiger charge is 2.30. The molecule has 2 heterocycles. The first kappa shape index (κ1) is 16.1. The number of hydrogen-bond acceptors (Lipinski definition) is 4. The van der Waals surface area contributed by atoms with Crippen LogP contribution in [0.1, 0.15) is 40.3 Å². The number of amides is 1. The van der Waals surface area contributed by atoms with Crippen molar-refractivity contribution < 1.29 is 4.79 Å². The summed E-state index contributed by atoms with van der Waals surface area (Å²) in [5.41, 5.74) is 7.50. The number of nitrogens with zero attached hydrogens (tertiary/aromatic N) is 2. The molecule has 3 rings (SSSR count). The number of benzene rings is 1. The van der Waals surface area contributed by atoms with Crippen LogP contribution in [-0.2, 0) is 6.42 Å². The minimum Gasteiger partial charge on any atom is -0.337 e. The third-order valence-corrected chi connectivity index (χ3v) is 5.46. The molecule has 2 unspecified atom stereocenters. The van der Waals surface area contributed by atoms with Gasteiger partial charge in [-0.2, -0.15) is 0 Å². The van der Waals surface area contributed by atoms with Gasteiger partial charge in [0.25, 0.3) is 5.91 Å². The number of nitrogens with two attached hydrogens (primary N) is 1. The topological polar surface area (TPSA) is 59.2 Å². The summed E-state index contributed by atoms with van der Waals surface area (Å²) in [4.78, 5) is 19.0. The molecule has 5 heteroatoms. The summed E-state index contributed by atoms with van der Waals surface area (Å²) in [6, 6.07) is 10.6. The maximum atomic E-state index is 12.6. The van der Waals surface area contributed by atoms with Crippen LogP contribution >= 0.6 is 11.3 Å². The van der Waals surface area contributed by atoms with Gasteiger partial charge in [-0.05, 0) is 30.4 Å². The van der Waals surface area contributed by atoms with Crippen molar-refractivity contribution in [2.75, 3.05) is 19.6 Å². The fraction of sp³-hybridized carbons (Fsp3) is 0.444. The summed E-state index contributed by atoms with van der Waals surface area (Å²) in [6.45, 7) is 4.40. The monoisotopic (exact) mass is 329 g/mol. The molecular formula is C18H23N3OS. The lowest BCUT2D eigenvalue weighted by Crippen LogP contribution is -2.42. The fourth-order valence-corrected chi connectivity index (χ4v) is 4.12. The van der Waals surface area contributed by atoms with Crippen molar-refractivity contribution in [1.82, 2.24) is 9.88 Å². The average Bonchev–Trinajstić information content (AvgIpc) is 3.04. The Hall–Kier alpha value is -1.72. The van der Waals surface area contributed by atoms with Crippen molar-refractivity contribution in [3.8, 4) is 0 Å². The zero-order valence-corrected chi connectivity index (χ0v) is 14.3. The van der Waals surface area contributed by atoms with Crippen molar-refractivity contribution >= 4 is 17.2 Å². The molecule has 2 atom stereocenters. The van der Waals surface area contributed by atoms with Gasteiger partial charge in [-0.1, -0.05) is 37.3 Å². The summed E-state index contributed by atoms with van der Waals surface area (Å²) in [7, 11) is 0. The molecule has 1 aromatic heterocycles. The second-order valence-corrected chi connectivity index (χ2v) is 7.14. The Morgan fingerprint density at radius 1 is 1.39 bits per heavy atom. The van der Waals surface area contributed by atoms with Crippen LogP contribution in [0.3, 0.4) is 0 Å². The van der Waals surface area contributed by atoms with Gasteiger partial charge in [0.2, 0.25) is 0 Å². The molecule has 1 aromatic carbocycles. The molecule has 23 heavy (non-hydrogen) atoms. The largest absolute Gasteiger partial charge is 0.337 e. The van der Waals surface area contributed by atoms with Gasteiger partial charge in [0.05, 0.1) is 5.01 Å². The predicted molar refractivity (Wildman–Crippen MR) is 93.7 cm³/mol. The Morgan fingerprint density at radius 2 is 2.17 bits per heavy atom. The van der Waals surface area contributed by atoms with E-state index in [1.807, 2.05) is 16.3 Å². The Kier molecular flexibility index (Phi) is 5.08. The zero-order chi connectivity index (χ0) is 16.2. The van der Waals surface area contributed by atoms with Crippen molar-refractivity contribution in [3.05, 3.63) is 52.0 Å². The fourth-order valence-electron chi connectivity index (χ4n) is 3.33. The molecule has 1 fully saturated rings. The number of rotatable bonds is 4. The Bertz CT molecular complexity index is 655. The SMILES string of the molecule is CC1CN(C(=O)c2csc(CCN)n2)CCC1c1ccccc1. The van der Waals surface area contributed by atoms with Gasteiger partial charge in [0.15, 0.2) is 0 Å². The standard InChI is InChI=1S/C18H23N3OS/c1-13-11-21(10-8-15(13)14-5-3-2-4-6-14)18(22)16-12-23-17(20-16)7-9-19/h2-6,12-13,15H,7-11,19H2,1H3. The molecule has 1 saturated heterocycles. The Morgan fingerprint density at radius 3 is 2.87 bits per heavy atom. The third kappa shape index (κ3) is 3.62. The number of carbonyl (C=O) groups is 1. The lowest BCUT2D eigenvalue weighted by Gasteiger charge is -2.37. The number of likely N-dealkylation sites (tertiary alicyclic amines) is 1. The van der Waals surface area contributed by atoms with E-state index in [0.29, 0.717) is 24.1 Å². The van der Waals surface area contributed by atoms with Gasteiger partial charge in [-0.3, -0.25) is 4.79 Å². The highest BCUT2D eigenvalue weighted by Crippen LogP contribution is 2.33. The van der Waals surface area contributed by atoms with Crippen molar-refractivity contribution in [3.63, 3.8) is 0 Å². The highest BCUT2D eigenvalue weighted by atomic mass is 32.1. The van der Waals surface area contributed by atoms with E-state index in [4.69, 9.17) is 5.73 Å². The molecule has 1 aliphatic rings. The quantitative estimate of drug-likeness (QED) is 0.938. The molecule has 0 spiro atoms. The maximum Gasteiger partial charge on any atom is 0.273 e. The van der Waals surface area contributed by atoms with E-state index in [1.54, 1.807) is 0 Å². The van der Waals surface area contributed by atoms with Gasteiger partial charge in [0, 0.05) is 24.9 Å². The Balaban J connectivity index is 1.66. The van der Waals surface area contributed by atoms with Crippen LogP contribution < -0.4 is 5.73 Å². The van der Waals surface area contributed by atoms with E-state index in [1.165, 1.54) is 16.9 Å². The second kappa shape index (κ2) is 7.23. The molecule has 122 valence electrons.